The minimum atomic E-state index is -1.00. The molecule has 1 heterocycles. The van der Waals surface area contributed by atoms with E-state index in [2.05, 4.69) is 5.32 Å². The molecule has 0 aromatic carbocycles. The van der Waals surface area contributed by atoms with E-state index in [1.54, 1.807) is 0 Å². The summed E-state index contributed by atoms with van der Waals surface area (Å²) in [6.45, 7) is 1.34. The van der Waals surface area contributed by atoms with Crippen LogP contribution in [0.1, 0.15) is 19.3 Å². The summed E-state index contributed by atoms with van der Waals surface area (Å²) >= 11 is 1.39. The molecule has 1 rings (SSSR count). The second-order valence-corrected chi connectivity index (χ2v) is 5.33. The van der Waals surface area contributed by atoms with Gasteiger partial charge in [-0.05, 0) is 25.0 Å². The molecule has 6 nitrogen and oxygen atoms in total. The standard InChI is InChI=1S/C11H20N2O4S/c12-9(11(15)16)3-5-18-7-10(14)13-6-8-2-1-4-17-8/h8-9H,1-7,12H2,(H,13,14)(H,15,16). The molecule has 1 aliphatic rings. The highest BCUT2D eigenvalue weighted by atomic mass is 32.2. The van der Waals surface area contributed by atoms with Crippen molar-refractivity contribution in [2.24, 2.45) is 5.73 Å². The van der Waals surface area contributed by atoms with Gasteiger partial charge in [0, 0.05) is 13.2 Å². The van der Waals surface area contributed by atoms with E-state index in [1.807, 2.05) is 0 Å². The Labute approximate surface area is 111 Å². The molecule has 1 fully saturated rings. The zero-order valence-corrected chi connectivity index (χ0v) is 11.1. The van der Waals surface area contributed by atoms with Crippen LogP contribution in [-0.4, -0.2) is 53.8 Å². The van der Waals surface area contributed by atoms with Crippen LogP contribution in [0.4, 0.5) is 0 Å². The summed E-state index contributed by atoms with van der Waals surface area (Å²) in [7, 11) is 0. The Morgan fingerprint density at radius 2 is 2.33 bits per heavy atom. The van der Waals surface area contributed by atoms with Gasteiger partial charge in [0.05, 0.1) is 11.9 Å². The maximum absolute atomic E-state index is 11.4. The average Bonchev–Trinajstić information content (AvgIpc) is 2.84. The van der Waals surface area contributed by atoms with E-state index in [0.29, 0.717) is 24.5 Å². The predicted molar refractivity (Wildman–Crippen MR) is 69.5 cm³/mol. The molecular formula is C11H20N2O4S. The number of carbonyl (C=O) groups is 2. The van der Waals surface area contributed by atoms with Gasteiger partial charge in [-0.3, -0.25) is 9.59 Å². The number of nitrogens with one attached hydrogen (secondary N) is 1. The fourth-order valence-electron chi connectivity index (χ4n) is 1.58. The Balaban J connectivity index is 1.97. The molecule has 18 heavy (non-hydrogen) atoms. The SMILES string of the molecule is NC(CCSCC(=O)NCC1CCCO1)C(=O)O. The Hall–Kier alpha value is -0.790. The first-order valence-corrected chi connectivity index (χ1v) is 7.19. The first kappa shape index (κ1) is 15.3. The summed E-state index contributed by atoms with van der Waals surface area (Å²) < 4.78 is 5.38. The molecule has 1 aliphatic heterocycles. The fourth-order valence-corrected chi connectivity index (χ4v) is 2.44. The number of carboxylic acids is 1. The van der Waals surface area contributed by atoms with Crippen molar-refractivity contribution in [2.75, 3.05) is 24.7 Å². The molecule has 0 aliphatic carbocycles. The molecule has 0 spiro atoms. The quantitative estimate of drug-likeness (QED) is 0.531. The molecule has 0 aromatic heterocycles. The summed E-state index contributed by atoms with van der Waals surface area (Å²) in [6.07, 6.45) is 2.59. The van der Waals surface area contributed by atoms with Crippen LogP contribution in [0.3, 0.4) is 0 Å². The number of thioether (sulfide) groups is 1. The number of ether oxygens (including phenoxy) is 1. The van der Waals surface area contributed by atoms with E-state index in [-0.39, 0.29) is 12.0 Å². The van der Waals surface area contributed by atoms with Crippen molar-refractivity contribution in [3.05, 3.63) is 0 Å². The van der Waals surface area contributed by atoms with Crippen LogP contribution in [0.25, 0.3) is 0 Å². The van der Waals surface area contributed by atoms with Gasteiger partial charge < -0.3 is 20.9 Å². The van der Waals surface area contributed by atoms with Crippen molar-refractivity contribution < 1.29 is 19.4 Å². The highest BCUT2D eigenvalue weighted by molar-refractivity contribution is 7.99. The lowest BCUT2D eigenvalue weighted by Gasteiger charge is -2.10. The van der Waals surface area contributed by atoms with E-state index in [0.717, 1.165) is 19.4 Å². The van der Waals surface area contributed by atoms with Crippen molar-refractivity contribution in [3.8, 4) is 0 Å². The molecule has 2 unspecified atom stereocenters. The molecule has 7 heteroatoms. The van der Waals surface area contributed by atoms with Gasteiger partial charge in [-0.2, -0.15) is 11.8 Å². The summed E-state index contributed by atoms with van der Waals surface area (Å²) in [5.41, 5.74) is 5.34. The van der Waals surface area contributed by atoms with E-state index in [9.17, 15) is 9.59 Å². The van der Waals surface area contributed by atoms with E-state index >= 15 is 0 Å². The first-order chi connectivity index (χ1) is 8.59. The van der Waals surface area contributed by atoms with E-state index in [4.69, 9.17) is 15.6 Å². The molecule has 4 N–H and O–H groups in total. The number of carbonyl (C=O) groups excluding carboxylic acids is 1. The lowest BCUT2D eigenvalue weighted by atomic mass is 10.2. The maximum atomic E-state index is 11.4. The van der Waals surface area contributed by atoms with Gasteiger partial charge in [0.25, 0.3) is 0 Å². The van der Waals surface area contributed by atoms with E-state index < -0.39 is 12.0 Å². The molecule has 0 saturated carbocycles. The van der Waals surface area contributed by atoms with Gasteiger partial charge in [0.15, 0.2) is 0 Å². The fraction of sp³-hybridized carbons (Fsp3) is 0.818. The average molecular weight is 276 g/mol. The Kier molecular flexibility index (Phi) is 7.07. The molecular weight excluding hydrogens is 256 g/mol. The van der Waals surface area contributed by atoms with Crippen LogP contribution in [0.15, 0.2) is 0 Å². The highest BCUT2D eigenvalue weighted by Gasteiger charge is 2.16. The van der Waals surface area contributed by atoms with Crippen molar-refractivity contribution in [2.45, 2.75) is 31.4 Å². The minimum Gasteiger partial charge on any atom is -0.480 e. The van der Waals surface area contributed by atoms with Gasteiger partial charge >= 0.3 is 5.97 Å². The summed E-state index contributed by atoms with van der Waals surface area (Å²) in [4.78, 5) is 21.9. The minimum absolute atomic E-state index is 0.0422. The Morgan fingerprint density at radius 1 is 1.56 bits per heavy atom. The van der Waals surface area contributed by atoms with E-state index in [1.165, 1.54) is 11.8 Å². The lowest BCUT2D eigenvalue weighted by Crippen LogP contribution is -2.33. The smallest absolute Gasteiger partial charge is 0.320 e. The Bertz CT molecular complexity index is 282. The summed E-state index contributed by atoms with van der Waals surface area (Å²) in [5.74, 6) is -0.141. The van der Waals surface area contributed by atoms with Gasteiger partial charge in [-0.15, -0.1) is 0 Å². The van der Waals surface area contributed by atoms with Gasteiger partial charge in [0.2, 0.25) is 5.91 Å². The maximum Gasteiger partial charge on any atom is 0.320 e. The third kappa shape index (κ3) is 6.23. The number of nitrogens with two attached hydrogens (primary N) is 1. The van der Waals surface area contributed by atoms with Crippen LogP contribution >= 0.6 is 11.8 Å². The van der Waals surface area contributed by atoms with Crippen molar-refractivity contribution in [1.29, 1.82) is 0 Å². The number of aliphatic carboxylic acids is 1. The molecule has 0 bridgehead atoms. The number of hydrogen-bond acceptors (Lipinski definition) is 5. The molecule has 1 amide bonds. The van der Waals surface area contributed by atoms with Crippen LogP contribution in [0.2, 0.25) is 0 Å². The van der Waals surface area contributed by atoms with Crippen molar-refractivity contribution >= 4 is 23.6 Å². The monoisotopic (exact) mass is 276 g/mol. The summed E-state index contributed by atoms with van der Waals surface area (Å²) in [6, 6.07) is -0.840. The van der Waals surface area contributed by atoms with Gasteiger partial charge in [-0.1, -0.05) is 0 Å². The molecule has 2 atom stereocenters. The topological polar surface area (TPSA) is 102 Å². The van der Waals surface area contributed by atoms with Crippen LogP contribution < -0.4 is 11.1 Å². The second-order valence-electron chi connectivity index (χ2n) is 4.23. The predicted octanol–water partition coefficient (Wildman–Crippen LogP) is -0.183. The zero-order chi connectivity index (χ0) is 13.4. The van der Waals surface area contributed by atoms with Gasteiger partial charge in [0.1, 0.15) is 6.04 Å². The number of hydrogen-bond donors (Lipinski definition) is 3. The third-order valence-corrected chi connectivity index (χ3v) is 3.67. The molecule has 0 radical (unpaired) electrons. The Morgan fingerprint density at radius 3 is 2.94 bits per heavy atom. The van der Waals surface area contributed by atoms with Gasteiger partial charge in [-0.25, -0.2) is 0 Å². The normalized spacial score (nSPS) is 20.6. The van der Waals surface area contributed by atoms with Crippen LogP contribution in [-0.2, 0) is 14.3 Å². The molecule has 1 saturated heterocycles. The molecule has 0 aromatic rings. The largest absolute Gasteiger partial charge is 0.480 e. The number of carboxylic acid groups (broad SMARTS) is 1. The van der Waals surface area contributed by atoms with Crippen LogP contribution in [0, 0.1) is 0 Å². The summed E-state index contributed by atoms with van der Waals surface area (Å²) in [5, 5.41) is 11.4. The lowest BCUT2D eigenvalue weighted by molar-refractivity contribution is -0.138. The highest BCUT2D eigenvalue weighted by Crippen LogP contribution is 2.10. The first-order valence-electron chi connectivity index (χ1n) is 6.04. The second kappa shape index (κ2) is 8.34. The molecule has 104 valence electrons. The zero-order valence-electron chi connectivity index (χ0n) is 10.3. The number of rotatable bonds is 8. The van der Waals surface area contributed by atoms with Crippen molar-refractivity contribution in [1.82, 2.24) is 5.32 Å². The number of amides is 1. The van der Waals surface area contributed by atoms with Crippen molar-refractivity contribution in [3.63, 3.8) is 0 Å². The van der Waals surface area contributed by atoms with Crippen LogP contribution in [0.5, 0.6) is 0 Å². The third-order valence-electron chi connectivity index (χ3n) is 2.67.